The van der Waals surface area contributed by atoms with Gasteiger partial charge >= 0.3 is 0 Å². The number of aliphatic hydroxyl groups excluding tert-OH is 1. The summed E-state index contributed by atoms with van der Waals surface area (Å²) in [5.41, 5.74) is 0.0304. The van der Waals surface area contributed by atoms with Gasteiger partial charge in [-0.15, -0.1) is 0 Å². The minimum absolute atomic E-state index is 0.0151. The molecule has 2 atom stereocenters. The van der Waals surface area contributed by atoms with Crippen LogP contribution in [0.1, 0.15) is 59.8 Å². The predicted octanol–water partition coefficient (Wildman–Crippen LogP) is 2.38. The molecule has 0 aromatic carbocycles. The maximum absolute atomic E-state index is 12.5. The Bertz CT molecular complexity index is 371. The van der Waals surface area contributed by atoms with Gasteiger partial charge in [0.25, 0.3) is 0 Å². The van der Waals surface area contributed by atoms with Gasteiger partial charge in [0.2, 0.25) is 10.0 Å². The molecule has 2 unspecified atom stereocenters. The van der Waals surface area contributed by atoms with Crippen LogP contribution >= 0.6 is 0 Å². The third kappa shape index (κ3) is 5.79. The van der Waals surface area contributed by atoms with Gasteiger partial charge in [-0.3, -0.25) is 0 Å². The lowest BCUT2D eigenvalue weighted by molar-refractivity contribution is 0.131. The number of rotatable bonds is 5. The van der Waals surface area contributed by atoms with Crippen molar-refractivity contribution in [2.75, 3.05) is 12.3 Å². The zero-order chi connectivity index (χ0) is 14.7. The van der Waals surface area contributed by atoms with Crippen LogP contribution in [0.15, 0.2) is 0 Å². The highest BCUT2D eigenvalue weighted by molar-refractivity contribution is 7.89. The molecule has 0 aliphatic carbocycles. The smallest absolute Gasteiger partial charge is 0.214 e. The molecule has 1 saturated heterocycles. The number of hydrogen-bond donors (Lipinski definition) is 1. The molecule has 1 rings (SSSR count). The van der Waals surface area contributed by atoms with Gasteiger partial charge < -0.3 is 5.11 Å². The van der Waals surface area contributed by atoms with Crippen LogP contribution in [0.2, 0.25) is 0 Å². The van der Waals surface area contributed by atoms with Crippen molar-refractivity contribution in [2.45, 2.75) is 71.9 Å². The van der Waals surface area contributed by atoms with E-state index in [0.717, 1.165) is 19.3 Å². The van der Waals surface area contributed by atoms with Crippen molar-refractivity contribution >= 4 is 10.0 Å². The van der Waals surface area contributed by atoms with Crippen LogP contribution in [0.25, 0.3) is 0 Å². The molecule has 1 fully saturated rings. The van der Waals surface area contributed by atoms with Crippen molar-refractivity contribution in [2.24, 2.45) is 5.41 Å². The molecule has 0 saturated carbocycles. The van der Waals surface area contributed by atoms with Gasteiger partial charge in [0.1, 0.15) is 0 Å². The van der Waals surface area contributed by atoms with E-state index < -0.39 is 16.1 Å². The van der Waals surface area contributed by atoms with E-state index in [1.54, 1.807) is 11.2 Å². The fourth-order valence-electron chi connectivity index (χ4n) is 2.52. The van der Waals surface area contributed by atoms with Crippen LogP contribution in [0.3, 0.4) is 0 Å². The number of nitrogens with zero attached hydrogens (tertiary/aromatic N) is 1. The highest BCUT2D eigenvalue weighted by Gasteiger charge is 2.33. The van der Waals surface area contributed by atoms with E-state index in [2.05, 4.69) is 20.8 Å². The molecule has 19 heavy (non-hydrogen) atoms. The van der Waals surface area contributed by atoms with Crippen molar-refractivity contribution in [1.29, 1.82) is 0 Å². The summed E-state index contributed by atoms with van der Waals surface area (Å²) in [6, 6.07) is -0.0151. The third-order valence-corrected chi connectivity index (χ3v) is 5.57. The standard InChI is InChI=1S/C14H29NO3S/c1-12(16)11-13-7-5-6-9-15(13)19(17,18)10-8-14(2,3)4/h12-13,16H,5-11H2,1-4H3. The Morgan fingerprint density at radius 1 is 1.32 bits per heavy atom. The highest BCUT2D eigenvalue weighted by Crippen LogP contribution is 2.27. The topological polar surface area (TPSA) is 57.6 Å². The van der Waals surface area contributed by atoms with Gasteiger partial charge in [0.05, 0.1) is 11.9 Å². The molecule has 0 amide bonds. The average Bonchev–Trinajstić information content (AvgIpc) is 2.25. The first-order chi connectivity index (χ1) is 8.62. The Morgan fingerprint density at radius 2 is 1.95 bits per heavy atom. The Balaban J connectivity index is 2.72. The van der Waals surface area contributed by atoms with Crippen LogP contribution in [-0.4, -0.2) is 42.3 Å². The lowest BCUT2D eigenvalue weighted by Gasteiger charge is -2.36. The van der Waals surface area contributed by atoms with E-state index in [1.807, 2.05) is 0 Å². The molecule has 0 spiro atoms. The number of hydrogen-bond acceptors (Lipinski definition) is 3. The van der Waals surface area contributed by atoms with Crippen LogP contribution in [-0.2, 0) is 10.0 Å². The van der Waals surface area contributed by atoms with Gasteiger partial charge in [-0.25, -0.2) is 8.42 Å². The van der Waals surface area contributed by atoms with E-state index in [-0.39, 0.29) is 17.2 Å². The molecule has 0 aromatic rings. The SMILES string of the molecule is CC(O)CC1CCCCN1S(=O)(=O)CCC(C)(C)C. The van der Waals surface area contributed by atoms with Crippen molar-refractivity contribution in [3.8, 4) is 0 Å². The summed E-state index contributed by atoms with van der Waals surface area (Å²) in [5, 5.41) is 9.53. The van der Waals surface area contributed by atoms with E-state index in [4.69, 9.17) is 0 Å². The van der Waals surface area contributed by atoms with Crippen LogP contribution in [0, 0.1) is 5.41 Å². The lowest BCUT2D eigenvalue weighted by Crippen LogP contribution is -2.46. The molecule has 5 heteroatoms. The van der Waals surface area contributed by atoms with Crippen LogP contribution in [0.5, 0.6) is 0 Å². The Kier molecular flexibility index (Phi) is 5.83. The molecule has 0 radical (unpaired) electrons. The highest BCUT2D eigenvalue weighted by atomic mass is 32.2. The quantitative estimate of drug-likeness (QED) is 0.846. The number of sulfonamides is 1. The number of piperidine rings is 1. The van der Waals surface area contributed by atoms with Gasteiger partial charge in [0, 0.05) is 12.6 Å². The molecule has 1 N–H and O–H groups in total. The van der Waals surface area contributed by atoms with Gasteiger partial charge in [0.15, 0.2) is 0 Å². The molecular weight excluding hydrogens is 262 g/mol. The second kappa shape index (κ2) is 6.55. The van der Waals surface area contributed by atoms with Gasteiger partial charge in [-0.1, -0.05) is 27.2 Å². The fourth-order valence-corrected chi connectivity index (χ4v) is 4.68. The van der Waals surface area contributed by atoms with Gasteiger partial charge in [-0.05, 0) is 38.0 Å². The Labute approximate surface area is 118 Å². The molecule has 114 valence electrons. The molecule has 0 aromatic heterocycles. The minimum Gasteiger partial charge on any atom is -0.393 e. The summed E-state index contributed by atoms with van der Waals surface area (Å²) >= 11 is 0. The maximum atomic E-state index is 12.5. The first-order valence-corrected chi connectivity index (χ1v) is 8.90. The molecule has 1 aliphatic heterocycles. The monoisotopic (exact) mass is 291 g/mol. The zero-order valence-electron chi connectivity index (χ0n) is 12.7. The largest absolute Gasteiger partial charge is 0.393 e. The van der Waals surface area contributed by atoms with E-state index >= 15 is 0 Å². The number of aliphatic hydroxyl groups is 1. The first-order valence-electron chi connectivity index (χ1n) is 7.29. The van der Waals surface area contributed by atoms with E-state index in [1.165, 1.54) is 0 Å². The summed E-state index contributed by atoms with van der Waals surface area (Å²) in [6.45, 7) is 8.53. The van der Waals surface area contributed by atoms with Crippen molar-refractivity contribution < 1.29 is 13.5 Å². The Morgan fingerprint density at radius 3 is 2.47 bits per heavy atom. The summed E-state index contributed by atoms with van der Waals surface area (Å²) in [6.07, 6.45) is 3.65. The maximum Gasteiger partial charge on any atom is 0.214 e. The summed E-state index contributed by atoms with van der Waals surface area (Å²) in [7, 11) is -3.19. The van der Waals surface area contributed by atoms with Crippen molar-refractivity contribution in [1.82, 2.24) is 4.31 Å². The lowest BCUT2D eigenvalue weighted by atomic mass is 9.94. The first kappa shape index (κ1) is 16.9. The van der Waals surface area contributed by atoms with Crippen molar-refractivity contribution in [3.05, 3.63) is 0 Å². The normalized spacial score (nSPS) is 24.4. The third-order valence-electron chi connectivity index (χ3n) is 3.65. The van der Waals surface area contributed by atoms with Crippen LogP contribution < -0.4 is 0 Å². The van der Waals surface area contributed by atoms with E-state index in [0.29, 0.717) is 19.4 Å². The molecule has 4 nitrogen and oxygen atoms in total. The summed E-state index contributed by atoms with van der Waals surface area (Å²) in [5.74, 6) is 0.215. The summed E-state index contributed by atoms with van der Waals surface area (Å²) < 4.78 is 26.6. The molecular formula is C14H29NO3S. The van der Waals surface area contributed by atoms with Crippen molar-refractivity contribution in [3.63, 3.8) is 0 Å². The minimum atomic E-state index is -3.19. The zero-order valence-corrected chi connectivity index (χ0v) is 13.5. The molecule has 1 aliphatic rings. The molecule has 1 heterocycles. The average molecular weight is 291 g/mol. The Hall–Kier alpha value is -0.130. The fraction of sp³-hybridized carbons (Fsp3) is 1.00. The summed E-state index contributed by atoms with van der Waals surface area (Å²) in [4.78, 5) is 0. The second-order valence-corrected chi connectivity index (χ2v) is 9.01. The van der Waals surface area contributed by atoms with E-state index in [9.17, 15) is 13.5 Å². The second-order valence-electron chi connectivity index (χ2n) is 6.97. The van der Waals surface area contributed by atoms with Gasteiger partial charge in [-0.2, -0.15) is 4.31 Å². The molecule has 0 bridgehead atoms. The predicted molar refractivity (Wildman–Crippen MR) is 78.5 cm³/mol. The van der Waals surface area contributed by atoms with Crippen LogP contribution in [0.4, 0.5) is 0 Å².